The van der Waals surface area contributed by atoms with Gasteiger partial charge in [0.1, 0.15) is 11.5 Å². The Kier molecular flexibility index (Phi) is 5.32. The maximum absolute atomic E-state index is 11.3. The second kappa shape index (κ2) is 7.89. The predicted octanol–water partition coefficient (Wildman–Crippen LogP) is 4.35. The van der Waals surface area contributed by atoms with Crippen molar-refractivity contribution < 1.29 is 19.1 Å². The van der Waals surface area contributed by atoms with Crippen LogP contribution in [-0.4, -0.2) is 33.2 Å². The molecule has 0 radical (unpaired) electrons. The van der Waals surface area contributed by atoms with Crippen LogP contribution in [0.4, 0.5) is 0 Å². The van der Waals surface area contributed by atoms with Crippen LogP contribution in [-0.2, 0) is 9.59 Å². The molecule has 0 unspecified atom stereocenters. The van der Waals surface area contributed by atoms with E-state index in [2.05, 4.69) is 0 Å². The lowest BCUT2D eigenvalue weighted by molar-refractivity contribution is -0.132. The molecule has 3 aromatic rings. The Bertz CT molecular complexity index is 1040. The smallest absolute Gasteiger partial charge is 0.308 e. The van der Waals surface area contributed by atoms with Gasteiger partial charge in [0.25, 0.3) is 0 Å². The van der Waals surface area contributed by atoms with Crippen molar-refractivity contribution in [2.45, 2.75) is 18.4 Å². The third-order valence-electron chi connectivity index (χ3n) is 4.13. The van der Waals surface area contributed by atoms with E-state index < -0.39 is 0 Å². The van der Waals surface area contributed by atoms with Crippen molar-refractivity contribution >= 4 is 46.4 Å². The number of ether oxygens (including phenoxy) is 2. The van der Waals surface area contributed by atoms with Crippen molar-refractivity contribution in [3.8, 4) is 17.2 Å². The minimum atomic E-state index is -0.352. The van der Waals surface area contributed by atoms with E-state index in [-0.39, 0.29) is 16.5 Å². The van der Waals surface area contributed by atoms with E-state index in [9.17, 15) is 9.59 Å². The molecule has 28 heavy (non-hydrogen) atoms. The van der Waals surface area contributed by atoms with E-state index >= 15 is 0 Å². The quantitative estimate of drug-likeness (QED) is 0.464. The van der Waals surface area contributed by atoms with Gasteiger partial charge >= 0.3 is 11.9 Å². The van der Waals surface area contributed by atoms with Crippen molar-refractivity contribution in [2.24, 2.45) is 0 Å². The Morgan fingerprint density at radius 2 is 1.57 bits per heavy atom. The number of carbonyl (C=O) groups excluding carboxylic acids is 2. The molecule has 1 saturated heterocycles. The van der Waals surface area contributed by atoms with Crippen molar-refractivity contribution in [1.29, 1.82) is 0 Å². The van der Waals surface area contributed by atoms with Crippen LogP contribution in [0.3, 0.4) is 0 Å². The number of rotatable bonds is 4. The zero-order chi connectivity index (χ0) is 19.7. The lowest BCUT2D eigenvalue weighted by atomic mass is 10.2. The molecule has 4 rings (SSSR count). The highest BCUT2D eigenvalue weighted by molar-refractivity contribution is 8.19. The Hall–Kier alpha value is -2.45. The standard InChI is InChI=1S/C20H18N2O4S2/c1-12(23)25-15-5-3-14(4-6-15)22-19(20-27-9-10-28-20)17-11-16(26-13(2)24)7-8-18(17)21-22/h3-8,11,20H,9-10H2,1-2H3. The molecule has 2 heterocycles. The summed E-state index contributed by atoms with van der Waals surface area (Å²) in [5, 5.41) is 5.75. The maximum atomic E-state index is 11.3. The summed E-state index contributed by atoms with van der Waals surface area (Å²) in [5.41, 5.74) is 2.78. The number of esters is 2. The van der Waals surface area contributed by atoms with Crippen LogP contribution in [0.15, 0.2) is 42.5 Å². The number of hydrogen-bond donors (Lipinski definition) is 0. The minimum absolute atomic E-state index is 0.241. The molecular weight excluding hydrogens is 396 g/mol. The lowest BCUT2D eigenvalue weighted by Crippen LogP contribution is -2.04. The molecule has 0 spiro atoms. The van der Waals surface area contributed by atoms with Crippen molar-refractivity contribution in [2.75, 3.05) is 11.5 Å². The highest BCUT2D eigenvalue weighted by atomic mass is 32.2. The second-order valence-corrected chi connectivity index (χ2v) is 8.96. The fourth-order valence-electron chi connectivity index (χ4n) is 3.07. The normalized spacial score (nSPS) is 14.4. The van der Waals surface area contributed by atoms with Gasteiger partial charge in [0.2, 0.25) is 0 Å². The predicted molar refractivity (Wildman–Crippen MR) is 111 cm³/mol. The molecule has 0 amide bonds. The van der Waals surface area contributed by atoms with E-state index in [0.29, 0.717) is 11.5 Å². The molecule has 0 aliphatic carbocycles. The molecular formula is C20H18N2O4S2. The lowest BCUT2D eigenvalue weighted by Gasteiger charge is -2.13. The molecule has 0 N–H and O–H groups in total. The van der Waals surface area contributed by atoms with Crippen LogP contribution in [0.5, 0.6) is 11.5 Å². The molecule has 8 heteroatoms. The Morgan fingerprint density at radius 3 is 2.21 bits per heavy atom. The number of aromatic nitrogens is 2. The molecule has 0 saturated carbocycles. The van der Waals surface area contributed by atoms with Gasteiger partial charge in [-0.3, -0.25) is 9.59 Å². The van der Waals surface area contributed by atoms with E-state index in [0.717, 1.165) is 33.8 Å². The van der Waals surface area contributed by atoms with Crippen LogP contribution < -0.4 is 9.47 Å². The average Bonchev–Trinajstić information content (AvgIpc) is 3.28. The van der Waals surface area contributed by atoms with Gasteiger partial charge in [-0.2, -0.15) is 5.10 Å². The number of nitrogens with zero attached hydrogens (tertiary/aromatic N) is 2. The fraction of sp³-hybridized carbons (Fsp3) is 0.250. The van der Waals surface area contributed by atoms with Crippen LogP contribution in [0.25, 0.3) is 16.6 Å². The highest BCUT2D eigenvalue weighted by Gasteiger charge is 2.26. The Labute approximate surface area is 170 Å². The van der Waals surface area contributed by atoms with Crippen LogP contribution in [0.1, 0.15) is 24.1 Å². The third-order valence-corrected chi connectivity index (χ3v) is 7.14. The van der Waals surface area contributed by atoms with Crippen LogP contribution in [0.2, 0.25) is 0 Å². The molecule has 0 bridgehead atoms. The number of benzene rings is 2. The van der Waals surface area contributed by atoms with E-state index in [1.807, 2.05) is 52.5 Å². The van der Waals surface area contributed by atoms with Gasteiger partial charge in [-0.25, -0.2) is 4.68 Å². The van der Waals surface area contributed by atoms with Gasteiger partial charge in [0.15, 0.2) is 0 Å². The number of hydrogen-bond acceptors (Lipinski definition) is 7. The van der Waals surface area contributed by atoms with Crippen molar-refractivity contribution in [3.63, 3.8) is 0 Å². The van der Waals surface area contributed by atoms with E-state index in [1.54, 1.807) is 18.2 Å². The van der Waals surface area contributed by atoms with Gasteiger partial charge in [-0.15, -0.1) is 23.5 Å². The first kappa shape index (κ1) is 18.9. The number of fused-ring (bicyclic) bond motifs is 1. The molecule has 2 aromatic carbocycles. The number of thioether (sulfide) groups is 2. The molecule has 1 aliphatic rings. The minimum Gasteiger partial charge on any atom is -0.427 e. The van der Waals surface area contributed by atoms with Gasteiger partial charge in [-0.05, 0) is 42.5 Å². The SMILES string of the molecule is CC(=O)Oc1ccc(-n2nc3ccc(OC(C)=O)cc3c2C2SCCS2)cc1. The van der Waals surface area contributed by atoms with Gasteiger partial charge < -0.3 is 9.47 Å². The largest absolute Gasteiger partial charge is 0.427 e. The molecule has 6 nitrogen and oxygen atoms in total. The number of carbonyl (C=O) groups is 2. The zero-order valence-corrected chi connectivity index (χ0v) is 17.0. The zero-order valence-electron chi connectivity index (χ0n) is 15.4. The molecule has 1 aliphatic heterocycles. The highest BCUT2D eigenvalue weighted by Crippen LogP contribution is 2.48. The Balaban J connectivity index is 1.81. The first-order valence-electron chi connectivity index (χ1n) is 8.74. The first-order valence-corrected chi connectivity index (χ1v) is 10.8. The average molecular weight is 415 g/mol. The monoisotopic (exact) mass is 414 g/mol. The summed E-state index contributed by atoms with van der Waals surface area (Å²) in [7, 11) is 0. The van der Waals surface area contributed by atoms with Crippen molar-refractivity contribution in [1.82, 2.24) is 9.78 Å². The summed E-state index contributed by atoms with van der Waals surface area (Å²) < 4.78 is 12.6. The molecule has 1 aromatic heterocycles. The summed E-state index contributed by atoms with van der Waals surface area (Å²) >= 11 is 3.76. The van der Waals surface area contributed by atoms with Gasteiger partial charge in [0, 0.05) is 30.7 Å². The summed E-state index contributed by atoms with van der Waals surface area (Å²) in [6.45, 7) is 2.77. The summed E-state index contributed by atoms with van der Waals surface area (Å²) in [6, 6.07) is 12.8. The van der Waals surface area contributed by atoms with Crippen LogP contribution >= 0.6 is 23.5 Å². The van der Waals surface area contributed by atoms with E-state index in [4.69, 9.17) is 14.6 Å². The molecule has 144 valence electrons. The summed E-state index contributed by atoms with van der Waals surface area (Å²) in [4.78, 5) is 22.5. The summed E-state index contributed by atoms with van der Waals surface area (Å²) in [5.74, 6) is 2.47. The summed E-state index contributed by atoms with van der Waals surface area (Å²) in [6.07, 6.45) is 0. The van der Waals surface area contributed by atoms with E-state index in [1.165, 1.54) is 13.8 Å². The molecule has 0 atom stereocenters. The first-order chi connectivity index (χ1) is 13.5. The fourth-order valence-corrected chi connectivity index (χ4v) is 6.00. The topological polar surface area (TPSA) is 70.4 Å². The second-order valence-electron chi connectivity index (χ2n) is 6.23. The maximum Gasteiger partial charge on any atom is 0.308 e. The van der Waals surface area contributed by atoms with Crippen LogP contribution in [0, 0.1) is 0 Å². The van der Waals surface area contributed by atoms with Gasteiger partial charge in [-0.1, -0.05) is 0 Å². The Morgan fingerprint density at radius 1 is 0.964 bits per heavy atom. The molecule has 1 fully saturated rings. The van der Waals surface area contributed by atoms with Gasteiger partial charge in [0.05, 0.1) is 21.5 Å². The third kappa shape index (κ3) is 3.88. The van der Waals surface area contributed by atoms with Crippen molar-refractivity contribution in [3.05, 3.63) is 48.2 Å².